The van der Waals surface area contributed by atoms with Crippen LogP contribution in [0.5, 0.6) is 0 Å². The molecule has 1 aliphatic carbocycles. The first kappa shape index (κ1) is 16.3. The van der Waals surface area contributed by atoms with Gasteiger partial charge in [-0.15, -0.1) is 0 Å². The third-order valence-electron chi connectivity index (χ3n) is 5.29. The SMILES string of the molecule is O=C(c1cc(C2CC2)on1)N1CCC[C@@H](CCc2ccc(F)cc2)C1. The van der Waals surface area contributed by atoms with Crippen molar-refractivity contribution < 1.29 is 13.7 Å². The maximum absolute atomic E-state index is 13.0. The highest BCUT2D eigenvalue weighted by atomic mass is 19.1. The zero-order chi connectivity index (χ0) is 17.2. The van der Waals surface area contributed by atoms with Crippen molar-refractivity contribution in [2.45, 2.75) is 44.4 Å². The molecule has 1 saturated carbocycles. The van der Waals surface area contributed by atoms with Gasteiger partial charge in [0.1, 0.15) is 11.6 Å². The van der Waals surface area contributed by atoms with Crippen LogP contribution in [-0.4, -0.2) is 29.1 Å². The number of carbonyl (C=O) groups excluding carboxylic acids is 1. The summed E-state index contributed by atoms with van der Waals surface area (Å²) in [7, 11) is 0. The molecule has 2 aromatic rings. The molecule has 0 radical (unpaired) electrons. The number of aromatic nitrogens is 1. The third kappa shape index (κ3) is 3.91. The normalized spacial score (nSPS) is 20.7. The van der Waals surface area contributed by atoms with E-state index in [1.807, 2.05) is 23.1 Å². The van der Waals surface area contributed by atoms with E-state index in [0.29, 0.717) is 17.5 Å². The van der Waals surface area contributed by atoms with Crippen molar-refractivity contribution >= 4 is 5.91 Å². The summed E-state index contributed by atoms with van der Waals surface area (Å²) >= 11 is 0. The Labute approximate surface area is 147 Å². The van der Waals surface area contributed by atoms with Crippen LogP contribution in [0.1, 0.15) is 59.8 Å². The second-order valence-electron chi connectivity index (χ2n) is 7.31. The summed E-state index contributed by atoms with van der Waals surface area (Å²) in [6, 6.07) is 8.52. The van der Waals surface area contributed by atoms with Crippen LogP contribution in [0.15, 0.2) is 34.9 Å². The molecule has 1 amide bonds. The minimum absolute atomic E-state index is 0.0119. The van der Waals surface area contributed by atoms with Crippen LogP contribution < -0.4 is 0 Å². The van der Waals surface area contributed by atoms with Crippen molar-refractivity contribution in [3.8, 4) is 0 Å². The molecule has 1 aliphatic heterocycles. The van der Waals surface area contributed by atoms with Crippen LogP contribution in [-0.2, 0) is 6.42 Å². The van der Waals surface area contributed by atoms with E-state index in [0.717, 1.165) is 62.9 Å². The lowest BCUT2D eigenvalue weighted by atomic mass is 9.91. The number of rotatable bonds is 5. The molecule has 132 valence electrons. The van der Waals surface area contributed by atoms with Crippen molar-refractivity contribution in [1.82, 2.24) is 10.1 Å². The minimum Gasteiger partial charge on any atom is -0.360 e. The van der Waals surface area contributed by atoms with Gasteiger partial charge in [-0.1, -0.05) is 17.3 Å². The molecule has 0 bridgehead atoms. The summed E-state index contributed by atoms with van der Waals surface area (Å²) in [5.74, 6) is 1.60. The van der Waals surface area contributed by atoms with Gasteiger partial charge >= 0.3 is 0 Å². The van der Waals surface area contributed by atoms with Gasteiger partial charge in [0.2, 0.25) is 0 Å². The average molecular weight is 342 g/mol. The van der Waals surface area contributed by atoms with E-state index in [-0.39, 0.29) is 11.7 Å². The Hall–Kier alpha value is -2.17. The fourth-order valence-corrected chi connectivity index (χ4v) is 3.62. The van der Waals surface area contributed by atoms with Gasteiger partial charge in [0, 0.05) is 25.1 Å². The molecule has 25 heavy (non-hydrogen) atoms. The number of hydrogen-bond acceptors (Lipinski definition) is 3. The van der Waals surface area contributed by atoms with E-state index in [1.165, 1.54) is 12.1 Å². The number of benzene rings is 1. The van der Waals surface area contributed by atoms with Gasteiger partial charge in [-0.25, -0.2) is 4.39 Å². The number of carbonyl (C=O) groups is 1. The summed E-state index contributed by atoms with van der Waals surface area (Å²) in [6.45, 7) is 1.56. The Morgan fingerprint density at radius 1 is 1.24 bits per heavy atom. The zero-order valence-electron chi connectivity index (χ0n) is 14.3. The van der Waals surface area contributed by atoms with Gasteiger partial charge in [-0.3, -0.25) is 4.79 Å². The second kappa shape index (κ2) is 6.98. The third-order valence-corrected chi connectivity index (χ3v) is 5.29. The second-order valence-corrected chi connectivity index (χ2v) is 7.31. The first-order valence-corrected chi connectivity index (χ1v) is 9.19. The Bertz CT molecular complexity index is 736. The highest BCUT2D eigenvalue weighted by Gasteiger charge is 2.31. The molecule has 0 spiro atoms. The molecule has 2 fully saturated rings. The van der Waals surface area contributed by atoms with Crippen LogP contribution >= 0.6 is 0 Å². The summed E-state index contributed by atoms with van der Waals surface area (Å²) < 4.78 is 18.3. The molecule has 2 heterocycles. The number of amides is 1. The first-order valence-electron chi connectivity index (χ1n) is 9.19. The minimum atomic E-state index is -0.198. The molecule has 4 nitrogen and oxygen atoms in total. The molecule has 0 N–H and O–H groups in total. The predicted octanol–water partition coefficient (Wildman–Crippen LogP) is 4.18. The molecular weight excluding hydrogens is 319 g/mol. The summed E-state index contributed by atoms with van der Waals surface area (Å²) in [4.78, 5) is 14.6. The van der Waals surface area contributed by atoms with Crippen LogP contribution in [0.4, 0.5) is 4.39 Å². The molecule has 5 heteroatoms. The van der Waals surface area contributed by atoms with E-state index in [1.54, 1.807) is 0 Å². The summed E-state index contributed by atoms with van der Waals surface area (Å²) in [6.07, 6.45) is 6.37. The number of aryl methyl sites for hydroxylation is 1. The average Bonchev–Trinajstić information content (AvgIpc) is 3.38. The van der Waals surface area contributed by atoms with E-state index in [9.17, 15) is 9.18 Å². The number of hydrogen-bond donors (Lipinski definition) is 0. The number of piperidine rings is 1. The van der Waals surface area contributed by atoms with Crippen molar-refractivity contribution in [1.29, 1.82) is 0 Å². The highest BCUT2D eigenvalue weighted by Crippen LogP contribution is 2.40. The fourth-order valence-electron chi connectivity index (χ4n) is 3.62. The lowest BCUT2D eigenvalue weighted by molar-refractivity contribution is 0.0658. The molecule has 1 atom stereocenters. The maximum Gasteiger partial charge on any atom is 0.276 e. The summed E-state index contributed by atoms with van der Waals surface area (Å²) in [5.41, 5.74) is 1.59. The van der Waals surface area contributed by atoms with E-state index >= 15 is 0 Å². The molecule has 1 aromatic carbocycles. The van der Waals surface area contributed by atoms with Crippen LogP contribution in [0.3, 0.4) is 0 Å². The van der Waals surface area contributed by atoms with Gasteiger partial charge in [0.05, 0.1) is 0 Å². The van der Waals surface area contributed by atoms with Crippen molar-refractivity contribution in [3.63, 3.8) is 0 Å². The number of halogens is 1. The predicted molar refractivity (Wildman–Crippen MR) is 91.8 cm³/mol. The lowest BCUT2D eigenvalue weighted by Crippen LogP contribution is -2.40. The monoisotopic (exact) mass is 342 g/mol. The topological polar surface area (TPSA) is 46.3 Å². The Morgan fingerprint density at radius 2 is 2.04 bits per heavy atom. The van der Waals surface area contributed by atoms with Gasteiger partial charge in [-0.2, -0.15) is 0 Å². The van der Waals surface area contributed by atoms with Crippen molar-refractivity contribution in [2.24, 2.45) is 5.92 Å². The number of nitrogens with zero attached hydrogens (tertiary/aromatic N) is 2. The fraction of sp³-hybridized carbons (Fsp3) is 0.500. The quantitative estimate of drug-likeness (QED) is 0.819. The van der Waals surface area contributed by atoms with Crippen molar-refractivity contribution in [3.05, 3.63) is 53.2 Å². The Morgan fingerprint density at radius 3 is 2.80 bits per heavy atom. The largest absolute Gasteiger partial charge is 0.360 e. The molecule has 0 unspecified atom stereocenters. The van der Waals surface area contributed by atoms with Gasteiger partial charge in [0.25, 0.3) is 5.91 Å². The van der Waals surface area contributed by atoms with E-state index in [2.05, 4.69) is 5.16 Å². The Balaban J connectivity index is 1.33. The lowest BCUT2D eigenvalue weighted by Gasteiger charge is -2.32. The smallest absolute Gasteiger partial charge is 0.276 e. The Kier molecular flexibility index (Phi) is 4.55. The van der Waals surface area contributed by atoms with Gasteiger partial charge in [-0.05, 0) is 62.1 Å². The molecule has 2 aliphatic rings. The number of likely N-dealkylation sites (tertiary alicyclic amines) is 1. The van der Waals surface area contributed by atoms with Gasteiger partial charge in [0.15, 0.2) is 5.69 Å². The van der Waals surface area contributed by atoms with Crippen LogP contribution in [0.2, 0.25) is 0 Å². The van der Waals surface area contributed by atoms with Crippen LogP contribution in [0.25, 0.3) is 0 Å². The zero-order valence-corrected chi connectivity index (χ0v) is 14.3. The van der Waals surface area contributed by atoms with Gasteiger partial charge < -0.3 is 9.42 Å². The maximum atomic E-state index is 13.0. The molecule has 4 rings (SSSR count). The van der Waals surface area contributed by atoms with Crippen molar-refractivity contribution in [2.75, 3.05) is 13.1 Å². The first-order chi connectivity index (χ1) is 12.2. The molecular formula is C20H23FN2O2. The van der Waals surface area contributed by atoms with E-state index in [4.69, 9.17) is 4.52 Å². The van der Waals surface area contributed by atoms with E-state index < -0.39 is 0 Å². The standard InChI is InChI=1S/C20H23FN2O2/c21-17-9-5-14(6-10-17)3-4-15-2-1-11-23(13-15)20(24)18-12-19(25-22-18)16-7-8-16/h5-6,9-10,12,15-16H,1-4,7-8,11,13H2/t15-/m0/s1. The molecule has 1 aromatic heterocycles. The molecule has 1 saturated heterocycles. The highest BCUT2D eigenvalue weighted by molar-refractivity contribution is 5.92. The summed E-state index contributed by atoms with van der Waals surface area (Å²) in [5, 5.41) is 3.98. The van der Waals surface area contributed by atoms with Crippen LogP contribution in [0, 0.1) is 11.7 Å².